The summed E-state index contributed by atoms with van der Waals surface area (Å²) >= 11 is 0. The van der Waals surface area contributed by atoms with Crippen LogP contribution in [0.1, 0.15) is 158 Å². The molecule has 0 bridgehead atoms. The highest BCUT2D eigenvalue weighted by Gasteiger charge is 2.47. The zero-order valence-corrected chi connectivity index (χ0v) is 43.3. The van der Waals surface area contributed by atoms with Crippen molar-refractivity contribution < 1.29 is 4.42 Å². The largest absolute Gasteiger partial charge is 0.468 e. The molecular weight excluding hydrogens is 800 g/mol. The van der Waals surface area contributed by atoms with Gasteiger partial charge in [0, 0.05) is 33.8 Å². The van der Waals surface area contributed by atoms with E-state index in [4.69, 9.17) is 4.42 Å². The summed E-state index contributed by atoms with van der Waals surface area (Å²) < 4.78 is 7.37. The molecular formula is C62H73BN2O. The predicted molar refractivity (Wildman–Crippen MR) is 288 cm³/mol. The van der Waals surface area contributed by atoms with E-state index in [0.717, 1.165) is 33.7 Å². The maximum atomic E-state index is 7.37. The Labute approximate surface area is 397 Å². The number of hydrogen-bond donors (Lipinski definition) is 0. The molecule has 0 amide bonds. The van der Waals surface area contributed by atoms with Gasteiger partial charge in [0.2, 0.25) is 0 Å². The number of anilines is 6. The van der Waals surface area contributed by atoms with Gasteiger partial charge in [0.05, 0.1) is 11.3 Å². The molecule has 0 fully saturated rings. The van der Waals surface area contributed by atoms with Crippen LogP contribution in [0.5, 0.6) is 0 Å². The number of furan rings is 1. The van der Waals surface area contributed by atoms with Crippen molar-refractivity contribution in [2.75, 3.05) is 9.80 Å². The van der Waals surface area contributed by atoms with E-state index in [2.05, 4.69) is 250 Å². The fourth-order valence-corrected chi connectivity index (χ4v) is 10.0. The predicted octanol–water partition coefficient (Wildman–Crippen LogP) is 16.0. The van der Waals surface area contributed by atoms with Crippen LogP contribution in [0.15, 0.2) is 120 Å². The van der Waals surface area contributed by atoms with Crippen LogP contribution < -0.4 is 26.4 Å². The van der Waals surface area contributed by atoms with Crippen LogP contribution >= 0.6 is 0 Å². The highest BCUT2D eigenvalue weighted by molar-refractivity contribution is 7.00. The number of hydrogen-bond acceptors (Lipinski definition) is 3. The molecule has 3 nitrogen and oxygen atoms in total. The normalized spacial score (nSPS) is 14.4. The van der Waals surface area contributed by atoms with Crippen molar-refractivity contribution in [3.8, 4) is 11.1 Å². The summed E-state index contributed by atoms with van der Waals surface area (Å²) in [5, 5.41) is 1.15. The zero-order chi connectivity index (χ0) is 47.8. The maximum Gasteiger partial charge on any atom is 0.297 e. The van der Waals surface area contributed by atoms with E-state index in [-0.39, 0.29) is 39.2 Å². The first-order valence-corrected chi connectivity index (χ1v) is 24.4. The van der Waals surface area contributed by atoms with Gasteiger partial charge in [-0.2, -0.15) is 0 Å². The first-order valence-electron chi connectivity index (χ1n) is 24.4. The van der Waals surface area contributed by atoms with Gasteiger partial charge >= 0.3 is 0 Å². The Kier molecular flexibility index (Phi) is 10.4. The Balaban J connectivity index is 1.46. The first kappa shape index (κ1) is 45.7. The quantitative estimate of drug-likeness (QED) is 0.165. The Morgan fingerprint density at radius 3 is 1.26 bits per heavy atom. The van der Waals surface area contributed by atoms with Crippen LogP contribution in [0.4, 0.5) is 34.1 Å². The summed E-state index contributed by atoms with van der Waals surface area (Å²) in [6.07, 6.45) is 0. The molecule has 2 aliphatic rings. The van der Waals surface area contributed by atoms with Crippen molar-refractivity contribution >= 4 is 68.4 Å². The number of nitrogens with zero attached hydrogens (tertiary/aromatic N) is 2. The van der Waals surface area contributed by atoms with E-state index in [1.165, 1.54) is 72.5 Å². The van der Waals surface area contributed by atoms with Crippen LogP contribution in [-0.2, 0) is 32.5 Å². The molecule has 2 aliphatic heterocycles. The number of fused-ring (bicyclic) bond motifs is 6. The van der Waals surface area contributed by atoms with Gasteiger partial charge in [0.15, 0.2) is 0 Å². The molecule has 0 saturated carbocycles. The van der Waals surface area contributed by atoms with Gasteiger partial charge in [-0.15, -0.1) is 0 Å². The Morgan fingerprint density at radius 1 is 0.364 bits per heavy atom. The molecule has 340 valence electrons. The van der Waals surface area contributed by atoms with Crippen LogP contribution in [0.2, 0.25) is 0 Å². The summed E-state index contributed by atoms with van der Waals surface area (Å²) in [7, 11) is 0. The molecule has 6 aromatic carbocycles. The monoisotopic (exact) mass is 873 g/mol. The molecule has 1 aromatic heterocycles. The summed E-state index contributed by atoms with van der Waals surface area (Å²) in [5.74, 6) is 0. The van der Waals surface area contributed by atoms with Crippen molar-refractivity contribution in [3.63, 3.8) is 0 Å². The van der Waals surface area contributed by atoms with E-state index in [0.29, 0.717) is 0 Å². The summed E-state index contributed by atoms with van der Waals surface area (Å²) in [6.45, 7) is 41.6. The lowest BCUT2D eigenvalue weighted by Gasteiger charge is -2.43. The van der Waals surface area contributed by atoms with Crippen molar-refractivity contribution in [3.05, 3.63) is 149 Å². The number of benzene rings is 6. The van der Waals surface area contributed by atoms with E-state index < -0.39 is 0 Å². The third-order valence-electron chi connectivity index (χ3n) is 14.4. The van der Waals surface area contributed by atoms with Gasteiger partial charge < -0.3 is 14.2 Å². The van der Waals surface area contributed by atoms with Crippen molar-refractivity contribution in [2.45, 2.75) is 157 Å². The van der Waals surface area contributed by atoms with Crippen LogP contribution in [0, 0.1) is 0 Å². The lowest BCUT2D eigenvalue weighted by Crippen LogP contribution is -2.61. The van der Waals surface area contributed by atoms with Crippen LogP contribution in [0.3, 0.4) is 0 Å². The molecule has 0 radical (unpaired) electrons. The smallest absolute Gasteiger partial charge is 0.297 e. The molecule has 0 atom stereocenters. The second kappa shape index (κ2) is 15.0. The van der Waals surface area contributed by atoms with Gasteiger partial charge in [-0.3, -0.25) is 0 Å². The lowest BCUT2D eigenvalue weighted by molar-refractivity contribution is 0.569. The van der Waals surface area contributed by atoms with Crippen LogP contribution in [0.25, 0.3) is 22.1 Å². The average Bonchev–Trinajstić information content (AvgIpc) is 3.60. The van der Waals surface area contributed by atoms with E-state index in [1.807, 2.05) is 0 Å². The molecule has 0 aliphatic carbocycles. The summed E-state index contributed by atoms with van der Waals surface area (Å²) in [5.41, 5.74) is 21.6. The molecule has 0 N–H and O–H groups in total. The third kappa shape index (κ3) is 7.90. The Bertz CT molecular complexity index is 2980. The van der Waals surface area contributed by atoms with Crippen molar-refractivity contribution in [1.29, 1.82) is 0 Å². The SMILES string of the molecule is CC(C)(C)c1ccc(N2c3ccc(C(C)(C)C)cc3B3c4oc5ccc(C(C)(C)C)cc5c4N(c4ccc(C(C)(C)C)cc4)c4cc(-c5cc(C(C)(C)C)cc(C(C)(C)C)c5)cc2c43)cc1. The van der Waals surface area contributed by atoms with Gasteiger partial charge in [-0.05, 0) is 143 Å². The lowest BCUT2D eigenvalue weighted by atomic mass is 9.35. The molecule has 4 heteroatoms. The van der Waals surface area contributed by atoms with E-state index >= 15 is 0 Å². The van der Waals surface area contributed by atoms with Crippen molar-refractivity contribution in [1.82, 2.24) is 0 Å². The fourth-order valence-electron chi connectivity index (χ4n) is 10.0. The molecule has 66 heavy (non-hydrogen) atoms. The maximum absolute atomic E-state index is 7.37. The second-order valence-corrected chi connectivity index (χ2v) is 25.7. The Hall–Kier alpha value is -5.48. The van der Waals surface area contributed by atoms with Gasteiger partial charge in [0.25, 0.3) is 6.71 Å². The minimum absolute atomic E-state index is 0.0139. The average molecular weight is 873 g/mol. The standard InChI is InChI=1S/C62H73BN2O/c1-57(2,3)40-19-25-46(26-20-40)64-50-29-23-43(60(10,11)12)37-49(50)63-54-51(64)33-39(38-31-44(61(13,14)15)35-45(32-38)62(16,17)18)34-52(54)65(47-27-21-41(22-28-47)58(4,5)6)55-48-36-42(59(7,8)9)24-30-53(48)66-56(55)63/h19-37H,1-18H3. The number of rotatable bonds is 3. The van der Waals surface area contributed by atoms with Gasteiger partial charge in [-0.25, -0.2) is 0 Å². The third-order valence-corrected chi connectivity index (χ3v) is 14.4. The molecule has 0 saturated heterocycles. The highest BCUT2D eigenvalue weighted by Crippen LogP contribution is 2.50. The zero-order valence-electron chi connectivity index (χ0n) is 43.3. The van der Waals surface area contributed by atoms with E-state index in [9.17, 15) is 0 Å². The van der Waals surface area contributed by atoms with Gasteiger partial charge in [0.1, 0.15) is 5.58 Å². The summed E-state index contributed by atoms with van der Waals surface area (Å²) in [6, 6.07) is 45.1. The van der Waals surface area contributed by atoms with Gasteiger partial charge in [-0.1, -0.05) is 185 Å². The topological polar surface area (TPSA) is 19.6 Å². The van der Waals surface area contributed by atoms with Crippen LogP contribution in [-0.4, -0.2) is 6.71 Å². The first-order chi connectivity index (χ1) is 30.5. The molecule has 3 heterocycles. The molecule has 7 aromatic rings. The fraction of sp³-hybridized carbons (Fsp3) is 0.387. The molecule has 0 spiro atoms. The minimum Gasteiger partial charge on any atom is -0.468 e. The van der Waals surface area contributed by atoms with Crippen molar-refractivity contribution in [2.24, 2.45) is 0 Å². The molecule has 0 unspecified atom stereocenters. The minimum atomic E-state index is -0.150. The summed E-state index contributed by atoms with van der Waals surface area (Å²) in [4.78, 5) is 5.11. The molecule has 9 rings (SSSR count). The second-order valence-electron chi connectivity index (χ2n) is 25.7. The highest BCUT2D eigenvalue weighted by atomic mass is 16.3. The van der Waals surface area contributed by atoms with E-state index in [1.54, 1.807) is 0 Å². The Morgan fingerprint density at radius 2 is 0.773 bits per heavy atom.